The van der Waals surface area contributed by atoms with Crippen LogP contribution in [0.3, 0.4) is 0 Å². The SMILES string of the molecule is Cc1ccc(C(=O)NC(c2nc(C3CNCCN3C)no2)C(C)C)cc1. The Hall–Kier alpha value is -2.25. The van der Waals surface area contributed by atoms with Crippen LogP contribution in [-0.4, -0.2) is 47.6 Å². The summed E-state index contributed by atoms with van der Waals surface area (Å²) in [5.41, 5.74) is 1.74. The molecule has 2 unspecified atom stereocenters. The smallest absolute Gasteiger partial charge is 0.251 e. The quantitative estimate of drug-likeness (QED) is 0.852. The van der Waals surface area contributed by atoms with Gasteiger partial charge >= 0.3 is 0 Å². The molecule has 2 aromatic rings. The van der Waals surface area contributed by atoms with Crippen LogP contribution in [0.15, 0.2) is 28.8 Å². The van der Waals surface area contributed by atoms with Gasteiger partial charge in [-0.1, -0.05) is 36.7 Å². The normalized spacial score (nSPS) is 19.5. The van der Waals surface area contributed by atoms with E-state index in [-0.39, 0.29) is 23.9 Å². The molecule has 0 bridgehead atoms. The van der Waals surface area contributed by atoms with E-state index in [9.17, 15) is 4.79 Å². The van der Waals surface area contributed by atoms with Crippen molar-refractivity contribution < 1.29 is 9.32 Å². The standard InChI is InChI=1S/C19H27N5O2/c1-12(2)16(21-18(25)14-7-5-13(3)6-8-14)19-22-17(23-26-19)15-11-20-9-10-24(15)4/h5-8,12,15-16,20H,9-11H2,1-4H3,(H,21,25). The highest BCUT2D eigenvalue weighted by atomic mass is 16.5. The first-order valence-electron chi connectivity index (χ1n) is 9.07. The van der Waals surface area contributed by atoms with E-state index in [2.05, 4.69) is 32.7 Å². The predicted octanol–water partition coefficient (Wildman–Crippen LogP) is 2.08. The van der Waals surface area contributed by atoms with Crippen LogP contribution in [0.4, 0.5) is 0 Å². The first-order chi connectivity index (χ1) is 12.5. The van der Waals surface area contributed by atoms with Crippen LogP contribution in [0.25, 0.3) is 0 Å². The maximum absolute atomic E-state index is 12.6. The van der Waals surface area contributed by atoms with Crippen molar-refractivity contribution in [3.05, 3.63) is 47.1 Å². The van der Waals surface area contributed by atoms with Gasteiger partial charge in [0.1, 0.15) is 6.04 Å². The molecule has 140 valence electrons. The minimum absolute atomic E-state index is 0.0851. The molecule has 1 aliphatic rings. The summed E-state index contributed by atoms with van der Waals surface area (Å²) in [4.78, 5) is 19.4. The fourth-order valence-electron chi connectivity index (χ4n) is 3.05. The van der Waals surface area contributed by atoms with E-state index >= 15 is 0 Å². The van der Waals surface area contributed by atoms with Crippen LogP contribution >= 0.6 is 0 Å². The number of likely N-dealkylation sites (N-methyl/N-ethyl adjacent to an activating group) is 1. The van der Waals surface area contributed by atoms with Crippen LogP contribution in [0.2, 0.25) is 0 Å². The first-order valence-corrected chi connectivity index (χ1v) is 9.07. The van der Waals surface area contributed by atoms with Crippen molar-refractivity contribution in [2.24, 2.45) is 5.92 Å². The summed E-state index contributed by atoms with van der Waals surface area (Å²) in [6.45, 7) is 8.73. The molecule has 1 aromatic heterocycles. The number of nitrogens with zero attached hydrogens (tertiary/aromatic N) is 3. The maximum atomic E-state index is 12.6. The molecular formula is C19H27N5O2. The average molecular weight is 357 g/mol. The highest BCUT2D eigenvalue weighted by Gasteiger charge is 2.29. The van der Waals surface area contributed by atoms with Crippen molar-refractivity contribution in [3.8, 4) is 0 Å². The molecule has 0 spiro atoms. The number of aryl methyl sites for hydroxylation is 1. The molecule has 1 fully saturated rings. The van der Waals surface area contributed by atoms with Crippen molar-refractivity contribution in [2.45, 2.75) is 32.9 Å². The third-order valence-corrected chi connectivity index (χ3v) is 4.80. The summed E-state index contributed by atoms with van der Waals surface area (Å²) in [6.07, 6.45) is 0. The predicted molar refractivity (Wildman–Crippen MR) is 98.8 cm³/mol. The first kappa shape index (κ1) is 18.5. The molecular weight excluding hydrogens is 330 g/mol. The average Bonchev–Trinajstić information content (AvgIpc) is 3.09. The molecule has 2 N–H and O–H groups in total. The van der Waals surface area contributed by atoms with E-state index in [0.29, 0.717) is 17.3 Å². The third kappa shape index (κ3) is 4.11. The largest absolute Gasteiger partial charge is 0.340 e. The van der Waals surface area contributed by atoms with Gasteiger partial charge in [-0.15, -0.1) is 0 Å². The highest BCUT2D eigenvalue weighted by Crippen LogP contribution is 2.24. The van der Waals surface area contributed by atoms with E-state index in [0.717, 1.165) is 25.2 Å². The molecule has 1 aliphatic heterocycles. The molecule has 2 atom stereocenters. The lowest BCUT2D eigenvalue weighted by molar-refractivity contribution is 0.0914. The minimum atomic E-state index is -0.327. The number of nitrogens with one attached hydrogen (secondary N) is 2. The van der Waals surface area contributed by atoms with Crippen LogP contribution in [0.1, 0.15) is 53.6 Å². The van der Waals surface area contributed by atoms with Crippen LogP contribution in [-0.2, 0) is 0 Å². The van der Waals surface area contributed by atoms with Crippen LogP contribution < -0.4 is 10.6 Å². The van der Waals surface area contributed by atoms with Gasteiger partial charge in [-0.3, -0.25) is 9.69 Å². The van der Waals surface area contributed by atoms with Gasteiger partial charge in [0.2, 0.25) is 5.89 Å². The summed E-state index contributed by atoms with van der Waals surface area (Å²) in [6, 6.07) is 7.26. The number of carbonyl (C=O) groups excluding carboxylic acids is 1. The summed E-state index contributed by atoms with van der Waals surface area (Å²) in [5, 5.41) is 10.5. The molecule has 7 heteroatoms. The molecule has 1 aromatic carbocycles. The Bertz CT molecular complexity index is 741. The van der Waals surface area contributed by atoms with E-state index in [1.165, 1.54) is 0 Å². The lowest BCUT2D eigenvalue weighted by Gasteiger charge is -2.30. The second-order valence-electron chi connectivity index (χ2n) is 7.25. The number of rotatable bonds is 5. The van der Waals surface area contributed by atoms with Crippen molar-refractivity contribution in [3.63, 3.8) is 0 Å². The number of aromatic nitrogens is 2. The van der Waals surface area contributed by atoms with E-state index in [1.54, 1.807) is 0 Å². The van der Waals surface area contributed by atoms with Crippen molar-refractivity contribution in [1.29, 1.82) is 0 Å². The van der Waals surface area contributed by atoms with Gasteiger partial charge in [0.25, 0.3) is 5.91 Å². The van der Waals surface area contributed by atoms with Crippen LogP contribution in [0.5, 0.6) is 0 Å². The highest BCUT2D eigenvalue weighted by molar-refractivity contribution is 5.94. The van der Waals surface area contributed by atoms with Gasteiger partial charge in [-0.05, 0) is 32.0 Å². The molecule has 1 amide bonds. The molecule has 0 radical (unpaired) electrons. The van der Waals surface area contributed by atoms with E-state index in [1.807, 2.05) is 45.0 Å². The lowest BCUT2D eigenvalue weighted by Crippen LogP contribution is -2.44. The van der Waals surface area contributed by atoms with Crippen LogP contribution in [0, 0.1) is 12.8 Å². The molecule has 2 heterocycles. The monoisotopic (exact) mass is 357 g/mol. The Morgan fingerprint density at radius 1 is 1.35 bits per heavy atom. The lowest BCUT2D eigenvalue weighted by atomic mass is 10.0. The third-order valence-electron chi connectivity index (χ3n) is 4.80. The minimum Gasteiger partial charge on any atom is -0.340 e. The summed E-state index contributed by atoms with van der Waals surface area (Å²) >= 11 is 0. The van der Waals surface area contributed by atoms with Gasteiger partial charge in [-0.25, -0.2) is 0 Å². The van der Waals surface area contributed by atoms with Gasteiger partial charge in [0.15, 0.2) is 5.82 Å². The number of hydrogen-bond donors (Lipinski definition) is 2. The molecule has 26 heavy (non-hydrogen) atoms. The van der Waals surface area contributed by atoms with Crippen molar-refractivity contribution in [1.82, 2.24) is 25.7 Å². The second-order valence-corrected chi connectivity index (χ2v) is 7.25. The summed E-state index contributed by atoms with van der Waals surface area (Å²) in [7, 11) is 2.06. The topological polar surface area (TPSA) is 83.3 Å². The molecule has 7 nitrogen and oxygen atoms in total. The Morgan fingerprint density at radius 2 is 2.08 bits per heavy atom. The zero-order valence-electron chi connectivity index (χ0n) is 15.8. The fourth-order valence-corrected chi connectivity index (χ4v) is 3.05. The van der Waals surface area contributed by atoms with E-state index in [4.69, 9.17) is 4.52 Å². The molecule has 0 aliphatic carbocycles. The molecule has 3 rings (SSSR count). The number of amides is 1. The van der Waals surface area contributed by atoms with Gasteiger partial charge in [0, 0.05) is 25.2 Å². The molecule has 0 saturated carbocycles. The number of benzene rings is 1. The Labute approximate surface area is 154 Å². The van der Waals surface area contributed by atoms with Crippen molar-refractivity contribution >= 4 is 5.91 Å². The van der Waals surface area contributed by atoms with E-state index < -0.39 is 0 Å². The van der Waals surface area contributed by atoms with Gasteiger partial charge < -0.3 is 15.2 Å². The van der Waals surface area contributed by atoms with Gasteiger partial charge in [0.05, 0.1) is 6.04 Å². The maximum Gasteiger partial charge on any atom is 0.251 e. The fraction of sp³-hybridized carbons (Fsp3) is 0.526. The zero-order chi connectivity index (χ0) is 18.7. The zero-order valence-corrected chi connectivity index (χ0v) is 15.8. The Kier molecular flexibility index (Phi) is 5.68. The number of carbonyl (C=O) groups is 1. The Balaban J connectivity index is 1.75. The number of hydrogen-bond acceptors (Lipinski definition) is 6. The Morgan fingerprint density at radius 3 is 2.73 bits per heavy atom. The molecule has 1 saturated heterocycles. The summed E-state index contributed by atoms with van der Waals surface area (Å²) in [5.74, 6) is 1.10. The summed E-state index contributed by atoms with van der Waals surface area (Å²) < 4.78 is 5.52. The number of piperazine rings is 1. The van der Waals surface area contributed by atoms with Gasteiger partial charge in [-0.2, -0.15) is 4.98 Å². The second kappa shape index (κ2) is 7.97. The van der Waals surface area contributed by atoms with Crippen molar-refractivity contribution in [2.75, 3.05) is 26.7 Å².